The molecule has 1 aliphatic heterocycles. The predicted octanol–water partition coefficient (Wildman–Crippen LogP) is 1.70. The summed E-state index contributed by atoms with van der Waals surface area (Å²) in [5, 5.41) is 8.61. The van der Waals surface area contributed by atoms with Crippen LogP contribution in [0.5, 0.6) is 11.5 Å². The Kier molecular flexibility index (Phi) is 2.90. The van der Waals surface area contributed by atoms with Crippen molar-refractivity contribution in [2.75, 3.05) is 13.2 Å². The number of halogens is 1. The van der Waals surface area contributed by atoms with E-state index in [1.807, 2.05) is 12.1 Å². The molecule has 1 aliphatic rings. The molecule has 0 aromatic heterocycles. The van der Waals surface area contributed by atoms with Crippen LogP contribution in [0.15, 0.2) is 16.6 Å². The standard InChI is InChI=1S/C9H10BrNO3/c10-8-6(5-11-12)1-2-7-9(8)14-4-3-13-7/h1-2,11-12H,3-5H2. The van der Waals surface area contributed by atoms with E-state index in [2.05, 4.69) is 21.4 Å². The Morgan fingerprint density at radius 3 is 2.93 bits per heavy atom. The average Bonchev–Trinajstić information content (AvgIpc) is 2.23. The van der Waals surface area contributed by atoms with Crippen molar-refractivity contribution in [2.45, 2.75) is 6.54 Å². The van der Waals surface area contributed by atoms with Gasteiger partial charge in [-0.15, -0.1) is 0 Å². The molecule has 76 valence electrons. The van der Waals surface area contributed by atoms with Crippen molar-refractivity contribution in [1.29, 1.82) is 0 Å². The van der Waals surface area contributed by atoms with E-state index in [-0.39, 0.29) is 0 Å². The second kappa shape index (κ2) is 4.16. The van der Waals surface area contributed by atoms with E-state index in [4.69, 9.17) is 14.7 Å². The topological polar surface area (TPSA) is 50.7 Å². The smallest absolute Gasteiger partial charge is 0.175 e. The summed E-state index contributed by atoms with van der Waals surface area (Å²) in [5.74, 6) is 1.45. The Hall–Kier alpha value is -0.780. The lowest BCUT2D eigenvalue weighted by molar-refractivity contribution is 0.158. The molecule has 0 unspecified atom stereocenters. The summed E-state index contributed by atoms with van der Waals surface area (Å²) in [4.78, 5) is 0. The lowest BCUT2D eigenvalue weighted by atomic mass is 10.2. The molecule has 0 fully saturated rings. The second-order valence-corrected chi connectivity index (χ2v) is 3.69. The van der Waals surface area contributed by atoms with E-state index in [0.717, 1.165) is 15.8 Å². The highest BCUT2D eigenvalue weighted by Gasteiger charge is 2.17. The molecule has 1 aromatic rings. The van der Waals surface area contributed by atoms with Crippen LogP contribution in [-0.2, 0) is 6.54 Å². The monoisotopic (exact) mass is 259 g/mol. The molecule has 2 N–H and O–H groups in total. The average molecular weight is 260 g/mol. The lowest BCUT2D eigenvalue weighted by Crippen LogP contribution is -2.16. The van der Waals surface area contributed by atoms with Crippen LogP contribution in [0.4, 0.5) is 0 Å². The van der Waals surface area contributed by atoms with Crippen molar-refractivity contribution < 1.29 is 14.7 Å². The van der Waals surface area contributed by atoms with Gasteiger partial charge in [-0.3, -0.25) is 0 Å². The highest BCUT2D eigenvalue weighted by molar-refractivity contribution is 9.10. The van der Waals surface area contributed by atoms with Gasteiger partial charge in [-0.1, -0.05) is 6.07 Å². The molecular formula is C9H10BrNO3. The molecular weight excluding hydrogens is 250 g/mol. The van der Waals surface area contributed by atoms with Gasteiger partial charge in [0.05, 0.1) is 4.47 Å². The zero-order chi connectivity index (χ0) is 9.97. The molecule has 0 atom stereocenters. The number of rotatable bonds is 2. The summed E-state index contributed by atoms with van der Waals surface area (Å²) in [6.07, 6.45) is 0. The van der Waals surface area contributed by atoms with Crippen LogP contribution >= 0.6 is 15.9 Å². The van der Waals surface area contributed by atoms with Crippen LogP contribution in [0.2, 0.25) is 0 Å². The molecule has 0 saturated heterocycles. The summed E-state index contributed by atoms with van der Waals surface area (Å²) in [6, 6.07) is 3.72. The quantitative estimate of drug-likeness (QED) is 0.794. The normalized spacial score (nSPS) is 14.1. The van der Waals surface area contributed by atoms with Crippen molar-refractivity contribution in [2.24, 2.45) is 0 Å². The first-order chi connectivity index (χ1) is 6.83. The second-order valence-electron chi connectivity index (χ2n) is 2.90. The largest absolute Gasteiger partial charge is 0.486 e. The Morgan fingerprint density at radius 2 is 2.14 bits per heavy atom. The minimum atomic E-state index is 0.372. The lowest BCUT2D eigenvalue weighted by Gasteiger charge is -2.20. The maximum absolute atomic E-state index is 8.61. The molecule has 2 rings (SSSR count). The van der Waals surface area contributed by atoms with E-state index >= 15 is 0 Å². The van der Waals surface area contributed by atoms with Crippen molar-refractivity contribution >= 4 is 15.9 Å². The van der Waals surface area contributed by atoms with Crippen molar-refractivity contribution in [3.63, 3.8) is 0 Å². The van der Waals surface area contributed by atoms with Crippen LogP contribution in [0.25, 0.3) is 0 Å². The van der Waals surface area contributed by atoms with Crippen molar-refractivity contribution in [3.05, 3.63) is 22.2 Å². The third kappa shape index (κ3) is 1.70. The molecule has 14 heavy (non-hydrogen) atoms. The zero-order valence-corrected chi connectivity index (χ0v) is 9.00. The molecule has 4 nitrogen and oxygen atoms in total. The number of benzene rings is 1. The van der Waals surface area contributed by atoms with Crippen LogP contribution in [0, 0.1) is 0 Å². The zero-order valence-electron chi connectivity index (χ0n) is 7.42. The van der Waals surface area contributed by atoms with Gasteiger partial charge in [-0.2, -0.15) is 0 Å². The number of hydroxylamine groups is 1. The van der Waals surface area contributed by atoms with Crippen molar-refractivity contribution in [3.8, 4) is 11.5 Å². The maximum Gasteiger partial charge on any atom is 0.175 e. The van der Waals surface area contributed by atoms with Gasteiger partial charge in [-0.05, 0) is 27.6 Å². The first kappa shape index (κ1) is 9.76. The van der Waals surface area contributed by atoms with E-state index in [0.29, 0.717) is 25.5 Å². The number of hydrogen-bond acceptors (Lipinski definition) is 4. The van der Waals surface area contributed by atoms with Gasteiger partial charge in [0.1, 0.15) is 13.2 Å². The van der Waals surface area contributed by atoms with E-state index in [1.54, 1.807) is 0 Å². The Labute approximate surface area is 89.9 Å². The van der Waals surface area contributed by atoms with Gasteiger partial charge < -0.3 is 14.7 Å². The fraction of sp³-hybridized carbons (Fsp3) is 0.333. The Balaban J connectivity index is 2.38. The third-order valence-corrected chi connectivity index (χ3v) is 2.87. The summed E-state index contributed by atoms with van der Waals surface area (Å²) in [7, 11) is 0. The molecule has 0 spiro atoms. The molecule has 1 aromatic carbocycles. The van der Waals surface area contributed by atoms with Gasteiger partial charge in [0.2, 0.25) is 0 Å². The summed E-state index contributed by atoms with van der Waals surface area (Å²) in [6.45, 7) is 1.51. The fourth-order valence-corrected chi connectivity index (χ4v) is 1.93. The third-order valence-electron chi connectivity index (χ3n) is 2.00. The van der Waals surface area contributed by atoms with E-state index in [1.165, 1.54) is 0 Å². The highest BCUT2D eigenvalue weighted by Crippen LogP contribution is 2.39. The maximum atomic E-state index is 8.61. The number of hydrogen-bond donors (Lipinski definition) is 2. The van der Waals surface area contributed by atoms with Gasteiger partial charge in [0.25, 0.3) is 0 Å². The SMILES string of the molecule is ONCc1ccc2c(c1Br)OCCO2. The number of ether oxygens (including phenoxy) is 2. The summed E-state index contributed by atoms with van der Waals surface area (Å²) in [5.41, 5.74) is 3.03. The summed E-state index contributed by atoms with van der Waals surface area (Å²) >= 11 is 3.41. The molecule has 0 aliphatic carbocycles. The Morgan fingerprint density at radius 1 is 1.36 bits per heavy atom. The molecule has 1 heterocycles. The first-order valence-electron chi connectivity index (χ1n) is 4.27. The number of fused-ring (bicyclic) bond motifs is 1. The number of nitrogens with one attached hydrogen (secondary N) is 1. The Bertz CT molecular complexity index is 343. The van der Waals surface area contributed by atoms with E-state index < -0.39 is 0 Å². The minimum Gasteiger partial charge on any atom is -0.486 e. The van der Waals surface area contributed by atoms with Crippen LogP contribution < -0.4 is 15.0 Å². The molecule has 0 bridgehead atoms. The van der Waals surface area contributed by atoms with Crippen LogP contribution in [0.3, 0.4) is 0 Å². The van der Waals surface area contributed by atoms with Gasteiger partial charge in [0.15, 0.2) is 11.5 Å². The molecule has 5 heteroatoms. The van der Waals surface area contributed by atoms with Gasteiger partial charge in [-0.25, -0.2) is 5.48 Å². The fourth-order valence-electron chi connectivity index (χ4n) is 1.34. The molecule has 0 saturated carbocycles. The van der Waals surface area contributed by atoms with Crippen molar-refractivity contribution in [1.82, 2.24) is 5.48 Å². The summed E-state index contributed by atoms with van der Waals surface area (Å²) < 4.78 is 11.7. The molecule has 0 radical (unpaired) electrons. The van der Waals surface area contributed by atoms with Crippen LogP contribution in [-0.4, -0.2) is 18.4 Å². The first-order valence-corrected chi connectivity index (χ1v) is 5.06. The minimum absolute atomic E-state index is 0.372. The highest BCUT2D eigenvalue weighted by atomic mass is 79.9. The van der Waals surface area contributed by atoms with E-state index in [9.17, 15) is 0 Å². The van der Waals surface area contributed by atoms with Gasteiger partial charge in [0, 0.05) is 6.54 Å². The van der Waals surface area contributed by atoms with Gasteiger partial charge >= 0.3 is 0 Å². The van der Waals surface area contributed by atoms with Crippen LogP contribution in [0.1, 0.15) is 5.56 Å². The predicted molar refractivity (Wildman–Crippen MR) is 53.8 cm³/mol. The molecule has 0 amide bonds.